The van der Waals surface area contributed by atoms with Crippen molar-refractivity contribution in [1.29, 1.82) is 0 Å². The Hall–Kier alpha value is -2.04. The normalized spacial score (nSPS) is 10.4. The van der Waals surface area contributed by atoms with Crippen molar-refractivity contribution in [3.63, 3.8) is 0 Å². The molecule has 0 saturated carbocycles. The predicted molar refractivity (Wildman–Crippen MR) is 71.7 cm³/mol. The van der Waals surface area contributed by atoms with E-state index >= 15 is 0 Å². The van der Waals surface area contributed by atoms with Crippen LogP contribution in [-0.2, 0) is 6.54 Å². The maximum atomic E-state index is 5.29. The highest BCUT2D eigenvalue weighted by Gasteiger charge is 2.08. The molecule has 0 aromatic carbocycles. The lowest BCUT2D eigenvalue weighted by Crippen LogP contribution is -2.18. The molecule has 2 aromatic rings. The first-order chi connectivity index (χ1) is 8.70. The number of hydrogen-bond donors (Lipinski definition) is 1. The zero-order valence-corrected chi connectivity index (χ0v) is 11.0. The van der Waals surface area contributed by atoms with Gasteiger partial charge in [0.05, 0.1) is 18.7 Å². The first-order valence-electron chi connectivity index (χ1n) is 6.00. The number of hydrogen-bond acceptors (Lipinski definition) is 5. The summed E-state index contributed by atoms with van der Waals surface area (Å²) in [4.78, 5) is 10.7. The van der Waals surface area contributed by atoms with Gasteiger partial charge in [-0.1, -0.05) is 0 Å². The van der Waals surface area contributed by atoms with Crippen molar-refractivity contribution in [3.8, 4) is 0 Å². The average Bonchev–Trinajstić information content (AvgIpc) is 2.76. The lowest BCUT2D eigenvalue weighted by molar-refractivity contribution is 0.529. The average molecular weight is 246 g/mol. The van der Waals surface area contributed by atoms with E-state index < -0.39 is 0 Å². The van der Waals surface area contributed by atoms with Gasteiger partial charge in [-0.3, -0.25) is 4.98 Å². The first-order valence-corrected chi connectivity index (χ1v) is 6.00. The molecule has 0 unspecified atom stereocenters. The van der Waals surface area contributed by atoms with Gasteiger partial charge in [-0.25, -0.2) is 4.98 Å². The number of aryl methyl sites for hydroxylation is 1. The zero-order chi connectivity index (χ0) is 13.0. The first kappa shape index (κ1) is 12.4. The van der Waals surface area contributed by atoms with Crippen LogP contribution in [0.15, 0.2) is 29.1 Å². The molecule has 5 heteroatoms. The van der Waals surface area contributed by atoms with Gasteiger partial charge in [0, 0.05) is 25.7 Å². The maximum absolute atomic E-state index is 5.29. The molecule has 0 bridgehead atoms. The summed E-state index contributed by atoms with van der Waals surface area (Å²) >= 11 is 0. The number of anilines is 2. The van der Waals surface area contributed by atoms with E-state index in [-0.39, 0.29) is 0 Å². The third-order valence-electron chi connectivity index (χ3n) is 2.74. The van der Waals surface area contributed by atoms with Crippen LogP contribution >= 0.6 is 0 Å². The van der Waals surface area contributed by atoms with Crippen molar-refractivity contribution in [2.75, 3.05) is 23.8 Å². The Morgan fingerprint density at radius 3 is 2.89 bits per heavy atom. The van der Waals surface area contributed by atoms with E-state index in [1.54, 1.807) is 18.7 Å². The van der Waals surface area contributed by atoms with Gasteiger partial charge in [0.25, 0.3) is 0 Å². The van der Waals surface area contributed by atoms with Crippen molar-refractivity contribution in [2.24, 2.45) is 0 Å². The standard InChI is InChI=1S/C13H18N4O/c1-4-15-12-7-14-8-13(16-12)17(3)9-11-5-6-18-10(11)2/h5-8H,4,9H2,1-3H3,(H,15,16). The van der Waals surface area contributed by atoms with Gasteiger partial charge in [-0.05, 0) is 19.9 Å². The molecule has 0 spiro atoms. The summed E-state index contributed by atoms with van der Waals surface area (Å²) in [5.74, 6) is 2.58. The van der Waals surface area contributed by atoms with Crippen LogP contribution in [0.3, 0.4) is 0 Å². The van der Waals surface area contributed by atoms with Crippen molar-refractivity contribution in [2.45, 2.75) is 20.4 Å². The van der Waals surface area contributed by atoms with Crippen LogP contribution in [0, 0.1) is 6.92 Å². The lowest BCUT2D eigenvalue weighted by atomic mass is 10.2. The Morgan fingerprint density at radius 1 is 1.39 bits per heavy atom. The van der Waals surface area contributed by atoms with E-state index in [2.05, 4.69) is 15.3 Å². The van der Waals surface area contributed by atoms with Gasteiger partial charge in [-0.2, -0.15) is 0 Å². The maximum Gasteiger partial charge on any atom is 0.149 e. The number of aromatic nitrogens is 2. The minimum absolute atomic E-state index is 0.757. The van der Waals surface area contributed by atoms with Crippen LogP contribution in [0.5, 0.6) is 0 Å². The van der Waals surface area contributed by atoms with Crippen molar-refractivity contribution < 1.29 is 4.42 Å². The molecule has 0 aliphatic carbocycles. The number of furan rings is 1. The molecule has 2 aromatic heterocycles. The molecule has 2 heterocycles. The van der Waals surface area contributed by atoms with Crippen molar-refractivity contribution in [3.05, 3.63) is 36.0 Å². The molecule has 0 aliphatic rings. The molecule has 96 valence electrons. The molecule has 0 radical (unpaired) electrons. The highest BCUT2D eigenvalue weighted by molar-refractivity contribution is 5.43. The Balaban J connectivity index is 2.11. The number of nitrogens with zero attached hydrogens (tertiary/aromatic N) is 3. The van der Waals surface area contributed by atoms with E-state index in [1.165, 1.54) is 0 Å². The van der Waals surface area contributed by atoms with E-state index in [1.807, 2.05) is 31.9 Å². The van der Waals surface area contributed by atoms with E-state index in [4.69, 9.17) is 4.42 Å². The summed E-state index contributed by atoms with van der Waals surface area (Å²) in [7, 11) is 1.99. The van der Waals surface area contributed by atoms with Crippen LogP contribution in [0.25, 0.3) is 0 Å². The van der Waals surface area contributed by atoms with E-state index in [0.717, 1.165) is 36.0 Å². The highest BCUT2D eigenvalue weighted by Crippen LogP contribution is 2.16. The van der Waals surface area contributed by atoms with Gasteiger partial charge < -0.3 is 14.6 Å². The largest absolute Gasteiger partial charge is 0.469 e. The summed E-state index contributed by atoms with van der Waals surface area (Å²) in [6.45, 7) is 5.59. The number of rotatable bonds is 5. The highest BCUT2D eigenvalue weighted by atomic mass is 16.3. The summed E-state index contributed by atoms with van der Waals surface area (Å²) in [5.41, 5.74) is 1.16. The SMILES string of the molecule is CCNc1cncc(N(C)Cc2ccoc2C)n1. The summed E-state index contributed by atoms with van der Waals surface area (Å²) in [6, 6.07) is 1.98. The summed E-state index contributed by atoms with van der Waals surface area (Å²) in [5, 5.41) is 3.15. The molecule has 5 nitrogen and oxygen atoms in total. The molecular weight excluding hydrogens is 228 g/mol. The van der Waals surface area contributed by atoms with Crippen LogP contribution < -0.4 is 10.2 Å². The van der Waals surface area contributed by atoms with Gasteiger partial charge in [-0.15, -0.1) is 0 Å². The third kappa shape index (κ3) is 2.80. The quantitative estimate of drug-likeness (QED) is 0.878. The molecule has 2 rings (SSSR count). The fourth-order valence-electron chi connectivity index (χ4n) is 1.72. The van der Waals surface area contributed by atoms with E-state index in [9.17, 15) is 0 Å². The van der Waals surface area contributed by atoms with Crippen LogP contribution in [0.1, 0.15) is 18.2 Å². The Morgan fingerprint density at radius 2 is 2.22 bits per heavy atom. The van der Waals surface area contributed by atoms with Gasteiger partial charge in [0.2, 0.25) is 0 Å². The van der Waals surface area contributed by atoms with Crippen LogP contribution in [-0.4, -0.2) is 23.6 Å². The minimum Gasteiger partial charge on any atom is -0.469 e. The topological polar surface area (TPSA) is 54.2 Å². The fraction of sp³-hybridized carbons (Fsp3) is 0.385. The second-order valence-electron chi connectivity index (χ2n) is 4.15. The molecule has 1 N–H and O–H groups in total. The summed E-state index contributed by atoms with van der Waals surface area (Å²) in [6.07, 6.45) is 5.19. The fourth-order valence-corrected chi connectivity index (χ4v) is 1.72. The molecule has 0 amide bonds. The smallest absolute Gasteiger partial charge is 0.149 e. The Bertz CT molecular complexity index is 509. The summed E-state index contributed by atoms with van der Waals surface area (Å²) < 4.78 is 5.29. The molecule has 0 aliphatic heterocycles. The van der Waals surface area contributed by atoms with Crippen molar-refractivity contribution >= 4 is 11.6 Å². The van der Waals surface area contributed by atoms with Gasteiger partial charge in [0.1, 0.15) is 17.4 Å². The second-order valence-corrected chi connectivity index (χ2v) is 4.15. The third-order valence-corrected chi connectivity index (χ3v) is 2.74. The minimum atomic E-state index is 0.757. The zero-order valence-electron chi connectivity index (χ0n) is 11.0. The molecule has 0 saturated heterocycles. The van der Waals surface area contributed by atoms with Crippen LogP contribution in [0.2, 0.25) is 0 Å². The van der Waals surface area contributed by atoms with Gasteiger partial charge in [0.15, 0.2) is 0 Å². The van der Waals surface area contributed by atoms with Crippen molar-refractivity contribution in [1.82, 2.24) is 9.97 Å². The molecular formula is C13H18N4O. The van der Waals surface area contributed by atoms with Gasteiger partial charge >= 0.3 is 0 Å². The number of nitrogens with one attached hydrogen (secondary N) is 1. The Kier molecular flexibility index (Phi) is 3.82. The molecule has 0 atom stereocenters. The lowest BCUT2D eigenvalue weighted by Gasteiger charge is -2.18. The second kappa shape index (κ2) is 5.53. The molecule has 0 fully saturated rings. The predicted octanol–water partition coefficient (Wildman–Crippen LogP) is 2.45. The monoisotopic (exact) mass is 246 g/mol. The molecule has 18 heavy (non-hydrogen) atoms. The van der Waals surface area contributed by atoms with E-state index in [0.29, 0.717) is 0 Å². The Labute approximate surface area is 107 Å². The van der Waals surface area contributed by atoms with Crippen LogP contribution in [0.4, 0.5) is 11.6 Å².